The second-order valence-electron chi connectivity index (χ2n) is 5.75. The van der Waals surface area contributed by atoms with E-state index in [1.165, 1.54) is 5.39 Å². The third-order valence-corrected chi connectivity index (χ3v) is 3.85. The lowest BCUT2D eigenvalue weighted by Crippen LogP contribution is -2.24. The minimum absolute atomic E-state index is 0.0376. The van der Waals surface area contributed by atoms with Gasteiger partial charge in [-0.05, 0) is 47.0 Å². The highest BCUT2D eigenvalue weighted by Gasteiger charge is 2.06. The molecule has 1 amide bonds. The second-order valence-corrected chi connectivity index (χ2v) is 5.75. The quantitative estimate of drug-likeness (QED) is 0.723. The Morgan fingerprint density at radius 1 is 0.958 bits per heavy atom. The first kappa shape index (κ1) is 16.1. The van der Waals surface area contributed by atoms with Gasteiger partial charge in [0.05, 0.1) is 0 Å². The van der Waals surface area contributed by atoms with Crippen LogP contribution in [0.2, 0.25) is 0 Å². The van der Waals surface area contributed by atoms with Gasteiger partial charge in [-0.3, -0.25) is 4.79 Å². The van der Waals surface area contributed by atoms with Crippen molar-refractivity contribution in [2.45, 2.75) is 20.0 Å². The van der Waals surface area contributed by atoms with Crippen LogP contribution < -0.4 is 10.1 Å². The van der Waals surface area contributed by atoms with E-state index < -0.39 is 0 Å². The number of amides is 1. The van der Waals surface area contributed by atoms with Gasteiger partial charge < -0.3 is 10.1 Å². The van der Waals surface area contributed by atoms with E-state index in [9.17, 15) is 4.79 Å². The van der Waals surface area contributed by atoms with E-state index in [-0.39, 0.29) is 5.91 Å². The molecule has 3 rings (SSSR count). The summed E-state index contributed by atoms with van der Waals surface area (Å²) in [5.74, 6) is 0.791. The van der Waals surface area contributed by atoms with Crippen LogP contribution >= 0.6 is 0 Å². The third kappa shape index (κ3) is 3.93. The van der Waals surface area contributed by atoms with Crippen LogP contribution in [0, 0.1) is 0 Å². The summed E-state index contributed by atoms with van der Waals surface area (Å²) < 4.78 is 5.88. The molecular formula is C21H21NO2. The number of benzene rings is 3. The summed E-state index contributed by atoms with van der Waals surface area (Å²) in [6.07, 6.45) is 0.927. The average molecular weight is 319 g/mol. The third-order valence-electron chi connectivity index (χ3n) is 3.85. The average Bonchev–Trinajstić information content (AvgIpc) is 2.64. The van der Waals surface area contributed by atoms with Gasteiger partial charge in [0, 0.05) is 12.1 Å². The topological polar surface area (TPSA) is 38.3 Å². The lowest BCUT2D eigenvalue weighted by molar-refractivity contribution is 0.0953. The van der Waals surface area contributed by atoms with Crippen molar-refractivity contribution >= 4 is 16.7 Å². The molecule has 0 atom stereocenters. The maximum absolute atomic E-state index is 12.0. The maximum atomic E-state index is 12.0. The van der Waals surface area contributed by atoms with Crippen LogP contribution in [-0.2, 0) is 6.61 Å². The van der Waals surface area contributed by atoms with Crippen LogP contribution in [0.4, 0.5) is 0 Å². The molecule has 0 radical (unpaired) electrons. The Kier molecular flexibility index (Phi) is 5.12. The van der Waals surface area contributed by atoms with Crippen molar-refractivity contribution < 1.29 is 9.53 Å². The summed E-state index contributed by atoms with van der Waals surface area (Å²) in [5.41, 5.74) is 1.65. The fourth-order valence-electron chi connectivity index (χ4n) is 2.57. The summed E-state index contributed by atoms with van der Waals surface area (Å²) in [5, 5.41) is 5.24. The maximum Gasteiger partial charge on any atom is 0.251 e. The Balaban J connectivity index is 1.68. The Morgan fingerprint density at radius 2 is 1.79 bits per heavy atom. The zero-order chi connectivity index (χ0) is 16.8. The highest BCUT2D eigenvalue weighted by Crippen LogP contribution is 2.21. The van der Waals surface area contributed by atoms with Gasteiger partial charge >= 0.3 is 0 Å². The Bertz CT molecular complexity index is 842. The molecule has 1 N–H and O–H groups in total. The van der Waals surface area contributed by atoms with E-state index in [2.05, 4.69) is 23.5 Å². The first-order chi connectivity index (χ1) is 11.8. The van der Waals surface area contributed by atoms with E-state index in [1.807, 2.05) is 55.5 Å². The smallest absolute Gasteiger partial charge is 0.251 e. The predicted octanol–water partition coefficient (Wildman–Crippen LogP) is 4.56. The summed E-state index contributed by atoms with van der Waals surface area (Å²) in [6, 6.07) is 21.8. The van der Waals surface area contributed by atoms with Crippen molar-refractivity contribution in [3.8, 4) is 5.75 Å². The monoisotopic (exact) mass is 319 g/mol. The molecule has 0 bridgehead atoms. The molecule has 3 aromatic rings. The highest BCUT2D eigenvalue weighted by molar-refractivity contribution is 5.94. The standard InChI is InChI=1S/C21H21NO2/c1-2-12-22-21(23)19-9-5-6-16(13-19)15-24-20-11-10-17-7-3-4-8-18(17)14-20/h3-11,13-14H,2,12,15H2,1H3,(H,22,23). The van der Waals surface area contributed by atoms with Crippen molar-refractivity contribution in [1.82, 2.24) is 5.32 Å². The summed E-state index contributed by atoms with van der Waals surface area (Å²) in [6.45, 7) is 3.16. The SMILES string of the molecule is CCCNC(=O)c1cccc(COc2ccc3ccccc3c2)c1. The lowest BCUT2D eigenvalue weighted by Gasteiger charge is -2.09. The number of ether oxygens (including phenoxy) is 1. The van der Waals surface area contributed by atoms with Crippen LogP contribution in [0.3, 0.4) is 0 Å². The molecule has 0 spiro atoms. The lowest BCUT2D eigenvalue weighted by atomic mass is 10.1. The fraction of sp³-hybridized carbons (Fsp3) is 0.190. The number of carbonyl (C=O) groups excluding carboxylic acids is 1. The van der Waals surface area contributed by atoms with Crippen LogP contribution in [0.25, 0.3) is 10.8 Å². The van der Waals surface area contributed by atoms with E-state index in [0.29, 0.717) is 18.7 Å². The number of rotatable bonds is 6. The number of hydrogen-bond donors (Lipinski definition) is 1. The Labute approximate surface area is 142 Å². The van der Waals surface area contributed by atoms with Crippen LogP contribution in [-0.4, -0.2) is 12.5 Å². The predicted molar refractivity (Wildman–Crippen MR) is 97.3 cm³/mol. The molecule has 0 aliphatic rings. The molecule has 0 fully saturated rings. The van der Waals surface area contributed by atoms with E-state index in [1.54, 1.807) is 0 Å². The minimum atomic E-state index is -0.0376. The number of fused-ring (bicyclic) bond motifs is 1. The van der Waals surface area contributed by atoms with Gasteiger partial charge in [-0.15, -0.1) is 0 Å². The highest BCUT2D eigenvalue weighted by atomic mass is 16.5. The number of hydrogen-bond acceptors (Lipinski definition) is 2. The van der Waals surface area contributed by atoms with Gasteiger partial charge in [0.2, 0.25) is 0 Å². The van der Waals surface area contributed by atoms with Gasteiger partial charge in [0.15, 0.2) is 0 Å². The molecule has 3 heteroatoms. The largest absolute Gasteiger partial charge is 0.489 e. The van der Waals surface area contributed by atoms with Crippen molar-refractivity contribution in [2.75, 3.05) is 6.54 Å². The first-order valence-electron chi connectivity index (χ1n) is 8.25. The van der Waals surface area contributed by atoms with Gasteiger partial charge in [-0.1, -0.05) is 49.4 Å². The normalized spacial score (nSPS) is 10.5. The van der Waals surface area contributed by atoms with E-state index in [0.717, 1.165) is 23.1 Å². The van der Waals surface area contributed by atoms with E-state index >= 15 is 0 Å². The van der Waals surface area contributed by atoms with Gasteiger partial charge in [0.25, 0.3) is 5.91 Å². The molecule has 0 heterocycles. The Morgan fingerprint density at radius 3 is 2.62 bits per heavy atom. The summed E-state index contributed by atoms with van der Waals surface area (Å²) in [7, 11) is 0. The van der Waals surface area contributed by atoms with E-state index in [4.69, 9.17) is 4.74 Å². The molecule has 0 saturated heterocycles. The number of carbonyl (C=O) groups is 1. The molecule has 0 aliphatic heterocycles. The molecule has 3 aromatic carbocycles. The van der Waals surface area contributed by atoms with Crippen molar-refractivity contribution in [3.05, 3.63) is 77.9 Å². The zero-order valence-electron chi connectivity index (χ0n) is 13.8. The first-order valence-corrected chi connectivity index (χ1v) is 8.25. The Hall–Kier alpha value is -2.81. The number of nitrogens with one attached hydrogen (secondary N) is 1. The van der Waals surface area contributed by atoms with Crippen LogP contribution in [0.15, 0.2) is 66.7 Å². The zero-order valence-corrected chi connectivity index (χ0v) is 13.8. The second kappa shape index (κ2) is 7.64. The molecule has 0 aliphatic carbocycles. The molecule has 0 saturated carbocycles. The van der Waals surface area contributed by atoms with Crippen LogP contribution in [0.5, 0.6) is 5.75 Å². The van der Waals surface area contributed by atoms with Crippen LogP contribution in [0.1, 0.15) is 29.3 Å². The van der Waals surface area contributed by atoms with Gasteiger partial charge in [0.1, 0.15) is 12.4 Å². The molecular weight excluding hydrogens is 298 g/mol. The van der Waals surface area contributed by atoms with Gasteiger partial charge in [-0.2, -0.15) is 0 Å². The summed E-state index contributed by atoms with van der Waals surface area (Å²) in [4.78, 5) is 12.0. The molecule has 0 unspecified atom stereocenters. The minimum Gasteiger partial charge on any atom is -0.489 e. The molecule has 122 valence electrons. The van der Waals surface area contributed by atoms with Crippen molar-refractivity contribution in [2.24, 2.45) is 0 Å². The van der Waals surface area contributed by atoms with Crippen molar-refractivity contribution in [3.63, 3.8) is 0 Å². The fourth-order valence-corrected chi connectivity index (χ4v) is 2.57. The molecule has 24 heavy (non-hydrogen) atoms. The van der Waals surface area contributed by atoms with Gasteiger partial charge in [-0.25, -0.2) is 0 Å². The molecule has 3 nitrogen and oxygen atoms in total. The van der Waals surface area contributed by atoms with Crippen molar-refractivity contribution in [1.29, 1.82) is 0 Å². The summed E-state index contributed by atoms with van der Waals surface area (Å²) >= 11 is 0. The molecule has 0 aromatic heterocycles.